The van der Waals surface area contributed by atoms with Crippen molar-refractivity contribution in [3.05, 3.63) is 71.1 Å². The number of carbonyl (C=O) groups excluding carboxylic acids is 1. The normalized spacial score (nSPS) is 11.6. The zero-order valence-electron chi connectivity index (χ0n) is 13.1. The Hall–Kier alpha value is -2.40. The lowest BCUT2D eigenvalue weighted by atomic mass is 10.0. The molecule has 0 aliphatic rings. The standard InChI is InChI=1S/C18H19NO3S/c1-14-4-6-15(7-5-14)16-8-10-17(11-9-16)18(20)19-12-3-13-23(2,21)22/h3-11,13H,12H2,1-2H3,(H,19,20)/b13-3+. The largest absolute Gasteiger partial charge is 0.349 e. The molecule has 5 heteroatoms. The first-order chi connectivity index (χ1) is 10.8. The number of carbonyl (C=O) groups is 1. The lowest BCUT2D eigenvalue weighted by molar-refractivity contribution is 0.0958. The van der Waals surface area contributed by atoms with Crippen LogP contribution in [0.1, 0.15) is 15.9 Å². The fraction of sp³-hybridized carbons (Fsp3) is 0.167. The van der Waals surface area contributed by atoms with Gasteiger partial charge >= 0.3 is 0 Å². The van der Waals surface area contributed by atoms with Crippen molar-refractivity contribution < 1.29 is 13.2 Å². The van der Waals surface area contributed by atoms with Gasteiger partial charge in [-0.3, -0.25) is 4.79 Å². The lowest BCUT2D eigenvalue weighted by Gasteiger charge is -2.05. The van der Waals surface area contributed by atoms with E-state index in [9.17, 15) is 13.2 Å². The first-order valence-corrected chi connectivity index (χ1v) is 9.12. The van der Waals surface area contributed by atoms with Crippen LogP contribution in [0.15, 0.2) is 60.0 Å². The van der Waals surface area contributed by atoms with E-state index in [4.69, 9.17) is 0 Å². The molecule has 0 aromatic heterocycles. The van der Waals surface area contributed by atoms with Crippen molar-refractivity contribution in [1.29, 1.82) is 0 Å². The molecule has 0 heterocycles. The summed E-state index contributed by atoms with van der Waals surface area (Å²) in [5.74, 6) is -0.237. The van der Waals surface area contributed by atoms with E-state index in [1.54, 1.807) is 12.1 Å². The minimum Gasteiger partial charge on any atom is -0.349 e. The number of hydrogen-bond donors (Lipinski definition) is 1. The fourth-order valence-electron chi connectivity index (χ4n) is 2.04. The van der Waals surface area contributed by atoms with Gasteiger partial charge < -0.3 is 5.32 Å². The second-order valence-electron chi connectivity index (χ2n) is 5.35. The lowest BCUT2D eigenvalue weighted by Crippen LogP contribution is -2.23. The molecular formula is C18H19NO3S. The molecule has 2 aromatic carbocycles. The highest BCUT2D eigenvalue weighted by molar-refractivity contribution is 7.93. The monoisotopic (exact) mass is 329 g/mol. The smallest absolute Gasteiger partial charge is 0.251 e. The first kappa shape index (κ1) is 17.0. The van der Waals surface area contributed by atoms with Crippen molar-refractivity contribution in [2.45, 2.75) is 6.92 Å². The van der Waals surface area contributed by atoms with Crippen molar-refractivity contribution in [1.82, 2.24) is 5.32 Å². The van der Waals surface area contributed by atoms with Gasteiger partial charge in [0.1, 0.15) is 0 Å². The Morgan fingerprint density at radius 1 is 1.00 bits per heavy atom. The minimum absolute atomic E-state index is 0.172. The van der Waals surface area contributed by atoms with Crippen LogP contribution >= 0.6 is 0 Å². The number of benzene rings is 2. The Labute approximate surface area is 136 Å². The highest BCUT2D eigenvalue weighted by Gasteiger charge is 2.05. The van der Waals surface area contributed by atoms with Gasteiger partial charge in [0.25, 0.3) is 5.91 Å². The van der Waals surface area contributed by atoms with Crippen molar-refractivity contribution >= 4 is 15.7 Å². The van der Waals surface area contributed by atoms with E-state index in [0.717, 1.165) is 22.8 Å². The first-order valence-electron chi connectivity index (χ1n) is 7.17. The van der Waals surface area contributed by atoms with Crippen LogP contribution in [-0.4, -0.2) is 27.1 Å². The zero-order valence-corrected chi connectivity index (χ0v) is 13.9. The van der Waals surface area contributed by atoms with Gasteiger partial charge in [0.05, 0.1) is 0 Å². The van der Waals surface area contributed by atoms with Crippen LogP contribution in [0.5, 0.6) is 0 Å². The molecule has 4 nitrogen and oxygen atoms in total. The molecule has 0 saturated heterocycles. The summed E-state index contributed by atoms with van der Waals surface area (Å²) in [4.78, 5) is 12.0. The molecule has 1 amide bonds. The zero-order chi connectivity index (χ0) is 16.9. The van der Waals surface area contributed by atoms with Crippen LogP contribution in [0.4, 0.5) is 0 Å². The third kappa shape index (κ3) is 5.38. The molecule has 0 bridgehead atoms. The molecule has 0 unspecified atom stereocenters. The predicted molar refractivity (Wildman–Crippen MR) is 92.9 cm³/mol. The summed E-state index contributed by atoms with van der Waals surface area (Å²) in [5.41, 5.74) is 3.87. The van der Waals surface area contributed by atoms with E-state index in [1.165, 1.54) is 11.6 Å². The van der Waals surface area contributed by atoms with Crippen LogP contribution < -0.4 is 5.32 Å². The van der Waals surface area contributed by atoms with E-state index in [0.29, 0.717) is 5.56 Å². The van der Waals surface area contributed by atoms with Crippen LogP contribution in [0, 0.1) is 6.92 Å². The number of nitrogens with one attached hydrogen (secondary N) is 1. The van der Waals surface area contributed by atoms with Crippen LogP contribution in [0.2, 0.25) is 0 Å². The Bertz CT molecular complexity index is 804. The minimum atomic E-state index is -3.16. The second-order valence-corrected chi connectivity index (χ2v) is 7.29. The molecule has 2 rings (SSSR count). The van der Waals surface area contributed by atoms with E-state index in [1.807, 2.05) is 43.3 Å². The van der Waals surface area contributed by atoms with E-state index in [-0.39, 0.29) is 12.5 Å². The molecule has 0 aliphatic heterocycles. The number of sulfone groups is 1. The summed E-state index contributed by atoms with van der Waals surface area (Å²) >= 11 is 0. The van der Waals surface area contributed by atoms with Gasteiger partial charge in [0.2, 0.25) is 0 Å². The average molecular weight is 329 g/mol. The summed E-state index contributed by atoms with van der Waals surface area (Å²) in [5, 5.41) is 3.73. The molecule has 0 atom stereocenters. The molecule has 0 fully saturated rings. The van der Waals surface area contributed by atoms with Gasteiger partial charge in [-0.15, -0.1) is 0 Å². The van der Waals surface area contributed by atoms with Gasteiger partial charge in [-0.05, 0) is 30.2 Å². The third-order valence-corrected chi connectivity index (χ3v) is 3.94. The number of rotatable bonds is 5. The summed E-state index contributed by atoms with van der Waals surface area (Å²) in [6, 6.07) is 15.5. The maximum absolute atomic E-state index is 12.0. The van der Waals surface area contributed by atoms with Gasteiger partial charge in [0.15, 0.2) is 9.84 Å². The summed E-state index contributed by atoms with van der Waals surface area (Å²) in [6.45, 7) is 2.21. The quantitative estimate of drug-likeness (QED) is 0.917. The highest BCUT2D eigenvalue weighted by atomic mass is 32.2. The third-order valence-electron chi connectivity index (χ3n) is 3.26. The maximum atomic E-state index is 12.0. The molecule has 0 spiro atoms. The Morgan fingerprint density at radius 3 is 2.04 bits per heavy atom. The van der Waals surface area contributed by atoms with Gasteiger partial charge in [-0.1, -0.05) is 48.0 Å². The number of hydrogen-bond acceptors (Lipinski definition) is 3. The van der Waals surface area contributed by atoms with E-state index in [2.05, 4.69) is 5.32 Å². The SMILES string of the molecule is Cc1ccc(-c2ccc(C(=O)NC/C=C/S(C)(=O)=O)cc2)cc1. The van der Waals surface area contributed by atoms with Crippen molar-refractivity contribution in [2.24, 2.45) is 0 Å². The van der Waals surface area contributed by atoms with Crippen LogP contribution in [0.3, 0.4) is 0 Å². The van der Waals surface area contributed by atoms with Crippen molar-refractivity contribution in [3.8, 4) is 11.1 Å². The van der Waals surface area contributed by atoms with E-state index < -0.39 is 9.84 Å². The second kappa shape index (κ2) is 7.24. The molecule has 2 aromatic rings. The van der Waals surface area contributed by atoms with Crippen molar-refractivity contribution in [3.63, 3.8) is 0 Å². The molecule has 1 N–H and O–H groups in total. The maximum Gasteiger partial charge on any atom is 0.251 e. The van der Waals surface area contributed by atoms with E-state index >= 15 is 0 Å². The van der Waals surface area contributed by atoms with Gasteiger partial charge in [-0.2, -0.15) is 0 Å². The molecule has 120 valence electrons. The van der Waals surface area contributed by atoms with Gasteiger partial charge in [-0.25, -0.2) is 8.42 Å². The highest BCUT2D eigenvalue weighted by Crippen LogP contribution is 2.20. The Balaban J connectivity index is 2.00. The van der Waals surface area contributed by atoms with Gasteiger partial charge in [0, 0.05) is 23.8 Å². The summed E-state index contributed by atoms with van der Waals surface area (Å²) < 4.78 is 21.9. The topological polar surface area (TPSA) is 63.2 Å². The molecular weight excluding hydrogens is 310 g/mol. The predicted octanol–water partition coefficient (Wildman–Crippen LogP) is 2.95. The van der Waals surface area contributed by atoms with Crippen molar-refractivity contribution in [2.75, 3.05) is 12.8 Å². The van der Waals surface area contributed by atoms with Crippen LogP contribution in [-0.2, 0) is 9.84 Å². The summed E-state index contributed by atoms with van der Waals surface area (Å²) in [7, 11) is -3.16. The summed E-state index contributed by atoms with van der Waals surface area (Å²) in [6.07, 6.45) is 2.52. The Kier molecular flexibility index (Phi) is 5.34. The van der Waals surface area contributed by atoms with Crippen LogP contribution in [0.25, 0.3) is 11.1 Å². The average Bonchev–Trinajstić information content (AvgIpc) is 2.51. The Morgan fingerprint density at radius 2 is 1.52 bits per heavy atom. The number of aryl methyl sites for hydroxylation is 1. The molecule has 23 heavy (non-hydrogen) atoms. The molecule has 0 aliphatic carbocycles. The molecule has 0 saturated carbocycles. The fourth-order valence-corrected chi connectivity index (χ4v) is 2.48. The molecule has 0 radical (unpaired) electrons. The number of amides is 1.